The van der Waals surface area contributed by atoms with Crippen molar-refractivity contribution in [1.82, 2.24) is 4.98 Å². The summed E-state index contributed by atoms with van der Waals surface area (Å²) in [5, 5.41) is 3.85. The van der Waals surface area contributed by atoms with Crippen molar-refractivity contribution in [3.63, 3.8) is 0 Å². The molecule has 0 radical (unpaired) electrons. The molecule has 0 spiro atoms. The molecule has 5 rings (SSSR count). The van der Waals surface area contributed by atoms with Crippen LogP contribution in [0, 0.1) is 6.92 Å². The first-order chi connectivity index (χ1) is 15.6. The minimum absolute atomic E-state index is 0.217. The predicted molar refractivity (Wildman–Crippen MR) is 132 cm³/mol. The van der Waals surface area contributed by atoms with E-state index in [1.165, 1.54) is 16.3 Å². The van der Waals surface area contributed by atoms with Crippen molar-refractivity contribution < 1.29 is 9.21 Å². The van der Waals surface area contributed by atoms with E-state index in [2.05, 4.69) is 24.4 Å². The molecule has 5 heteroatoms. The quantitative estimate of drug-likeness (QED) is 0.297. The van der Waals surface area contributed by atoms with Crippen LogP contribution in [-0.4, -0.2) is 10.9 Å². The van der Waals surface area contributed by atoms with Gasteiger partial charge >= 0.3 is 0 Å². The Labute approximate surface area is 189 Å². The lowest BCUT2D eigenvalue weighted by molar-refractivity contribution is -0.111. The average Bonchev–Trinajstić information content (AvgIpc) is 3.46. The van der Waals surface area contributed by atoms with Gasteiger partial charge in [-0.3, -0.25) is 4.79 Å². The summed E-state index contributed by atoms with van der Waals surface area (Å²) in [5.41, 5.74) is 4.99. The fraction of sp³-hybridized carbons (Fsp3) is 0.0370. The van der Waals surface area contributed by atoms with Gasteiger partial charge in [0.25, 0.3) is 0 Å². The summed E-state index contributed by atoms with van der Waals surface area (Å²) in [6, 6.07) is 27.6. The van der Waals surface area contributed by atoms with Gasteiger partial charge in [-0.2, -0.15) is 0 Å². The van der Waals surface area contributed by atoms with Crippen molar-refractivity contribution >= 4 is 39.2 Å². The number of thiazole rings is 1. The number of aryl methyl sites for hydroxylation is 1. The van der Waals surface area contributed by atoms with E-state index in [1.807, 2.05) is 72.8 Å². The first-order valence-corrected chi connectivity index (χ1v) is 11.1. The number of nitrogens with zero attached hydrogens (tertiary/aromatic N) is 1. The zero-order chi connectivity index (χ0) is 21.9. The van der Waals surface area contributed by atoms with Crippen molar-refractivity contribution in [2.24, 2.45) is 0 Å². The number of hydrogen-bond acceptors (Lipinski definition) is 4. The second kappa shape index (κ2) is 8.65. The van der Waals surface area contributed by atoms with E-state index in [1.54, 1.807) is 17.4 Å². The first kappa shape index (κ1) is 20.0. The van der Waals surface area contributed by atoms with Crippen LogP contribution in [-0.2, 0) is 4.79 Å². The van der Waals surface area contributed by atoms with Crippen molar-refractivity contribution in [2.75, 3.05) is 5.32 Å². The summed E-state index contributed by atoms with van der Waals surface area (Å²) in [7, 11) is 0. The maximum Gasteiger partial charge on any atom is 0.248 e. The highest BCUT2D eigenvalue weighted by Crippen LogP contribution is 2.31. The minimum atomic E-state index is -0.217. The third-order valence-electron chi connectivity index (χ3n) is 5.03. The molecule has 0 aliphatic carbocycles. The zero-order valence-corrected chi connectivity index (χ0v) is 18.2. The number of benzene rings is 3. The maximum absolute atomic E-state index is 12.3. The lowest BCUT2D eigenvalue weighted by Gasteiger charge is -2.03. The van der Waals surface area contributed by atoms with Crippen LogP contribution < -0.4 is 5.32 Å². The number of hydrogen-bond donors (Lipinski definition) is 1. The maximum atomic E-state index is 12.3. The third kappa shape index (κ3) is 4.38. The fourth-order valence-electron chi connectivity index (χ4n) is 3.39. The second-order valence-electron chi connectivity index (χ2n) is 7.46. The Hall–Kier alpha value is -3.96. The molecule has 4 nitrogen and oxygen atoms in total. The van der Waals surface area contributed by atoms with Gasteiger partial charge in [-0.25, -0.2) is 4.98 Å². The van der Waals surface area contributed by atoms with Crippen LogP contribution in [0.1, 0.15) is 11.3 Å². The molecule has 1 amide bonds. The molecule has 0 saturated heterocycles. The van der Waals surface area contributed by atoms with Crippen LogP contribution in [0.3, 0.4) is 0 Å². The topological polar surface area (TPSA) is 55.1 Å². The van der Waals surface area contributed by atoms with Gasteiger partial charge < -0.3 is 9.73 Å². The minimum Gasteiger partial charge on any atom is -0.457 e. The smallest absolute Gasteiger partial charge is 0.248 e. The molecule has 2 heterocycles. The summed E-state index contributed by atoms with van der Waals surface area (Å²) in [5.74, 6) is 1.18. The number of carbonyl (C=O) groups excluding carboxylic acids is 1. The summed E-state index contributed by atoms with van der Waals surface area (Å²) < 4.78 is 6.97. The zero-order valence-electron chi connectivity index (χ0n) is 17.4. The summed E-state index contributed by atoms with van der Waals surface area (Å²) in [6.07, 6.45) is 3.14. The highest BCUT2D eigenvalue weighted by atomic mass is 32.1. The monoisotopic (exact) mass is 436 g/mol. The van der Waals surface area contributed by atoms with E-state index >= 15 is 0 Å². The molecule has 5 aromatic rings. The molecule has 0 unspecified atom stereocenters. The van der Waals surface area contributed by atoms with Crippen LogP contribution in [0.4, 0.5) is 5.69 Å². The molecule has 2 aromatic heterocycles. The van der Waals surface area contributed by atoms with Gasteiger partial charge in [-0.1, -0.05) is 36.4 Å². The predicted octanol–water partition coefficient (Wildman–Crippen LogP) is 7.18. The van der Waals surface area contributed by atoms with Gasteiger partial charge in [-0.05, 0) is 67.1 Å². The number of fused-ring (bicyclic) bond motifs is 1. The normalized spacial score (nSPS) is 11.3. The van der Waals surface area contributed by atoms with Crippen LogP contribution in [0.25, 0.3) is 38.2 Å². The number of furan rings is 1. The first-order valence-electron chi connectivity index (χ1n) is 10.3. The molecule has 1 N–H and O–H groups in total. The molecule has 32 heavy (non-hydrogen) atoms. The van der Waals surface area contributed by atoms with Gasteiger partial charge in [-0.15, -0.1) is 11.3 Å². The van der Waals surface area contributed by atoms with E-state index in [0.29, 0.717) is 5.76 Å². The molecular weight excluding hydrogens is 416 g/mol. The summed E-state index contributed by atoms with van der Waals surface area (Å²) in [4.78, 5) is 17.0. The Morgan fingerprint density at radius 1 is 0.938 bits per heavy atom. The van der Waals surface area contributed by atoms with Crippen LogP contribution in [0.15, 0.2) is 95.4 Å². The Morgan fingerprint density at radius 3 is 2.56 bits per heavy atom. The van der Waals surface area contributed by atoms with Gasteiger partial charge in [0.15, 0.2) is 0 Å². The molecule has 3 aromatic carbocycles. The van der Waals surface area contributed by atoms with E-state index in [0.717, 1.165) is 33.1 Å². The number of anilines is 1. The average molecular weight is 437 g/mol. The Kier molecular flexibility index (Phi) is 5.40. The molecule has 0 saturated carbocycles. The Bertz CT molecular complexity index is 1410. The SMILES string of the molecule is Cc1ccc2nc(-c3ccc(NC(=O)/C=C/c4ccc(-c5ccccc5)o4)cc3)sc2c1. The molecule has 0 fully saturated rings. The molecule has 156 valence electrons. The van der Waals surface area contributed by atoms with E-state index in [4.69, 9.17) is 9.40 Å². The lowest BCUT2D eigenvalue weighted by Crippen LogP contribution is -2.07. The van der Waals surface area contributed by atoms with Gasteiger partial charge in [0.05, 0.1) is 10.2 Å². The van der Waals surface area contributed by atoms with Crippen molar-refractivity contribution in [1.29, 1.82) is 0 Å². The summed E-state index contributed by atoms with van der Waals surface area (Å²) in [6.45, 7) is 2.08. The lowest BCUT2D eigenvalue weighted by atomic mass is 10.2. The van der Waals surface area contributed by atoms with Gasteiger partial charge in [0, 0.05) is 22.9 Å². The van der Waals surface area contributed by atoms with Crippen LogP contribution >= 0.6 is 11.3 Å². The van der Waals surface area contributed by atoms with E-state index in [-0.39, 0.29) is 5.91 Å². The summed E-state index contributed by atoms with van der Waals surface area (Å²) >= 11 is 1.67. The second-order valence-corrected chi connectivity index (χ2v) is 8.49. The van der Waals surface area contributed by atoms with Crippen LogP contribution in [0.2, 0.25) is 0 Å². The Balaban J connectivity index is 1.24. The van der Waals surface area contributed by atoms with E-state index in [9.17, 15) is 4.79 Å². The third-order valence-corrected chi connectivity index (χ3v) is 6.09. The van der Waals surface area contributed by atoms with E-state index < -0.39 is 0 Å². The molecule has 0 atom stereocenters. The molecular formula is C27H20N2O2S. The highest BCUT2D eigenvalue weighted by molar-refractivity contribution is 7.21. The van der Waals surface area contributed by atoms with Crippen molar-refractivity contribution in [3.05, 3.63) is 102 Å². The molecule has 0 aliphatic rings. The van der Waals surface area contributed by atoms with Gasteiger partial charge in [0.1, 0.15) is 16.5 Å². The number of rotatable bonds is 5. The van der Waals surface area contributed by atoms with Crippen molar-refractivity contribution in [2.45, 2.75) is 6.92 Å². The van der Waals surface area contributed by atoms with Crippen LogP contribution in [0.5, 0.6) is 0 Å². The molecule has 0 aliphatic heterocycles. The number of aromatic nitrogens is 1. The molecule has 0 bridgehead atoms. The number of nitrogens with one attached hydrogen (secondary N) is 1. The fourth-order valence-corrected chi connectivity index (χ4v) is 4.46. The standard InChI is InChI=1S/C27H20N2O2S/c1-18-7-14-23-25(17-18)32-27(29-23)20-8-10-21(11-9-20)28-26(30)16-13-22-12-15-24(31-22)19-5-3-2-4-6-19/h2-17H,1H3,(H,28,30)/b16-13+. The number of carbonyl (C=O) groups is 1. The Morgan fingerprint density at radius 2 is 1.75 bits per heavy atom. The number of amides is 1. The highest BCUT2D eigenvalue weighted by Gasteiger charge is 2.07. The van der Waals surface area contributed by atoms with Crippen molar-refractivity contribution in [3.8, 4) is 21.9 Å². The largest absolute Gasteiger partial charge is 0.457 e. The van der Waals surface area contributed by atoms with Gasteiger partial charge in [0.2, 0.25) is 5.91 Å².